The quantitative estimate of drug-likeness (QED) is 0.900. The van der Waals surface area contributed by atoms with Crippen molar-refractivity contribution in [3.05, 3.63) is 17.5 Å². The van der Waals surface area contributed by atoms with Crippen LogP contribution in [-0.4, -0.2) is 34.5 Å². The Bertz CT molecular complexity index is 498. The van der Waals surface area contributed by atoms with E-state index in [4.69, 9.17) is 4.52 Å². The first kappa shape index (κ1) is 14.6. The third-order valence-corrected chi connectivity index (χ3v) is 3.74. The molecule has 1 aliphatic heterocycles. The standard InChI is InChI=1S/C14H21N3O3/c1-4-9(2)13-14(19)17(6-5-12(18)15-13)8-11-7-10(3)16-20-11/h7,9,13H,4-6,8H2,1-3H3,(H,15,18). The van der Waals surface area contributed by atoms with Gasteiger partial charge in [0.25, 0.3) is 0 Å². The number of nitrogens with zero attached hydrogens (tertiary/aromatic N) is 2. The summed E-state index contributed by atoms with van der Waals surface area (Å²) in [6.45, 7) is 6.60. The molecule has 110 valence electrons. The molecule has 1 N–H and O–H groups in total. The Hall–Kier alpha value is -1.85. The minimum Gasteiger partial charge on any atom is -0.359 e. The summed E-state index contributed by atoms with van der Waals surface area (Å²) in [6, 6.07) is 1.37. The molecule has 0 radical (unpaired) electrons. The zero-order valence-electron chi connectivity index (χ0n) is 12.2. The van der Waals surface area contributed by atoms with Gasteiger partial charge in [-0.15, -0.1) is 0 Å². The molecule has 0 bridgehead atoms. The van der Waals surface area contributed by atoms with E-state index in [1.54, 1.807) is 4.90 Å². The van der Waals surface area contributed by atoms with Gasteiger partial charge in [-0.1, -0.05) is 25.4 Å². The Morgan fingerprint density at radius 1 is 1.55 bits per heavy atom. The van der Waals surface area contributed by atoms with E-state index in [1.165, 1.54) is 0 Å². The molecule has 0 aromatic carbocycles. The summed E-state index contributed by atoms with van der Waals surface area (Å²) in [5.41, 5.74) is 0.787. The Morgan fingerprint density at radius 2 is 2.30 bits per heavy atom. The minimum atomic E-state index is -0.445. The normalized spacial score (nSPS) is 21.6. The highest BCUT2D eigenvalue weighted by Crippen LogP contribution is 2.16. The van der Waals surface area contributed by atoms with E-state index in [-0.39, 0.29) is 17.7 Å². The number of nitrogens with one attached hydrogen (secondary N) is 1. The molecule has 1 saturated heterocycles. The molecule has 1 fully saturated rings. The fraction of sp³-hybridized carbons (Fsp3) is 0.643. The maximum Gasteiger partial charge on any atom is 0.245 e. The lowest BCUT2D eigenvalue weighted by molar-refractivity contribution is -0.135. The second kappa shape index (κ2) is 6.07. The molecule has 2 unspecified atom stereocenters. The minimum absolute atomic E-state index is 0.0424. The van der Waals surface area contributed by atoms with E-state index in [9.17, 15) is 9.59 Å². The predicted octanol–water partition coefficient (Wildman–Crippen LogP) is 1.25. The van der Waals surface area contributed by atoms with Crippen LogP contribution in [0, 0.1) is 12.8 Å². The van der Waals surface area contributed by atoms with Crippen LogP contribution in [-0.2, 0) is 16.1 Å². The average molecular weight is 279 g/mol. The second-order valence-electron chi connectivity index (χ2n) is 5.38. The highest BCUT2D eigenvalue weighted by Gasteiger charge is 2.33. The molecule has 2 amide bonds. The van der Waals surface area contributed by atoms with Gasteiger partial charge in [0.15, 0.2) is 5.76 Å². The number of carbonyl (C=O) groups is 2. The number of carbonyl (C=O) groups excluding carboxylic acids is 2. The molecular weight excluding hydrogens is 258 g/mol. The third-order valence-electron chi connectivity index (χ3n) is 3.74. The van der Waals surface area contributed by atoms with Gasteiger partial charge in [0.2, 0.25) is 11.8 Å². The van der Waals surface area contributed by atoms with Crippen LogP contribution in [0.2, 0.25) is 0 Å². The van der Waals surface area contributed by atoms with Gasteiger partial charge in [-0.05, 0) is 12.8 Å². The van der Waals surface area contributed by atoms with Gasteiger partial charge in [0, 0.05) is 19.0 Å². The summed E-state index contributed by atoms with van der Waals surface area (Å²) in [6.07, 6.45) is 1.16. The SMILES string of the molecule is CCC(C)C1NC(=O)CCN(Cc2cc(C)no2)C1=O. The van der Waals surface area contributed by atoms with Crippen molar-refractivity contribution in [3.8, 4) is 0 Å². The number of hydrogen-bond acceptors (Lipinski definition) is 4. The molecular formula is C14H21N3O3. The molecule has 1 aromatic heterocycles. The molecule has 0 spiro atoms. The van der Waals surface area contributed by atoms with Gasteiger partial charge < -0.3 is 14.7 Å². The van der Waals surface area contributed by atoms with E-state index >= 15 is 0 Å². The summed E-state index contributed by atoms with van der Waals surface area (Å²) in [5, 5.41) is 6.64. The summed E-state index contributed by atoms with van der Waals surface area (Å²) in [4.78, 5) is 26.0. The van der Waals surface area contributed by atoms with Crippen LogP contribution in [0.1, 0.15) is 38.1 Å². The highest BCUT2D eigenvalue weighted by molar-refractivity contribution is 5.90. The largest absolute Gasteiger partial charge is 0.359 e. The van der Waals surface area contributed by atoms with Gasteiger partial charge in [-0.3, -0.25) is 9.59 Å². The molecule has 1 aliphatic rings. The molecule has 0 saturated carbocycles. The van der Waals surface area contributed by atoms with Crippen molar-refractivity contribution in [2.24, 2.45) is 5.92 Å². The molecule has 2 rings (SSSR count). The first-order valence-corrected chi connectivity index (χ1v) is 7.01. The summed E-state index contributed by atoms with van der Waals surface area (Å²) in [5.74, 6) is 0.649. The Morgan fingerprint density at radius 3 is 2.90 bits per heavy atom. The maximum absolute atomic E-state index is 12.6. The number of aryl methyl sites for hydroxylation is 1. The van der Waals surface area contributed by atoms with Crippen molar-refractivity contribution < 1.29 is 14.1 Å². The smallest absolute Gasteiger partial charge is 0.245 e. The molecule has 0 aliphatic carbocycles. The zero-order chi connectivity index (χ0) is 14.7. The van der Waals surface area contributed by atoms with Gasteiger partial charge >= 0.3 is 0 Å². The van der Waals surface area contributed by atoms with E-state index in [0.29, 0.717) is 25.3 Å². The van der Waals surface area contributed by atoms with Crippen LogP contribution >= 0.6 is 0 Å². The number of hydrogen-bond donors (Lipinski definition) is 1. The van der Waals surface area contributed by atoms with Crippen molar-refractivity contribution in [1.29, 1.82) is 0 Å². The predicted molar refractivity (Wildman–Crippen MR) is 72.7 cm³/mol. The van der Waals surface area contributed by atoms with Gasteiger partial charge in [-0.25, -0.2) is 0 Å². The van der Waals surface area contributed by atoms with Crippen molar-refractivity contribution >= 4 is 11.8 Å². The van der Waals surface area contributed by atoms with Crippen molar-refractivity contribution in [1.82, 2.24) is 15.4 Å². The number of aromatic nitrogens is 1. The van der Waals surface area contributed by atoms with Crippen molar-refractivity contribution in [2.75, 3.05) is 6.54 Å². The lowest BCUT2D eigenvalue weighted by Crippen LogP contribution is -2.48. The second-order valence-corrected chi connectivity index (χ2v) is 5.38. The summed E-state index contributed by atoms with van der Waals surface area (Å²) >= 11 is 0. The average Bonchev–Trinajstić information content (AvgIpc) is 2.78. The van der Waals surface area contributed by atoms with Gasteiger partial charge in [-0.2, -0.15) is 0 Å². The Balaban J connectivity index is 2.14. The van der Waals surface area contributed by atoms with Crippen LogP contribution in [0.25, 0.3) is 0 Å². The Kier molecular flexibility index (Phi) is 4.42. The van der Waals surface area contributed by atoms with Crippen LogP contribution in [0.15, 0.2) is 10.6 Å². The van der Waals surface area contributed by atoms with E-state index < -0.39 is 6.04 Å². The fourth-order valence-corrected chi connectivity index (χ4v) is 2.31. The maximum atomic E-state index is 12.6. The molecule has 6 nitrogen and oxygen atoms in total. The van der Waals surface area contributed by atoms with E-state index in [2.05, 4.69) is 10.5 Å². The summed E-state index contributed by atoms with van der Waals surface area (Å²) < 4.78 is 5.16. The van der Waals surface area contributed by atoms with Gasteiger partial charge in [0.1, 0.15) is 6.04 Å². The lowest BCUT2D eigenvalue weighted by atomic mass is 9.98. The van der Waals surface area contributed by atoms with Gasteiger partial charge in [0.05, 0.1) is 12.2 Å². The van der Waals surface area contributed by atoms with Crippen molar-refractivity contribution in [3.63, 3.8) is 0 Å². The van der Waals surface area contributed by atoms with E-state index in [0.717, 1.165) is 12.1 Å². The summed E-state index contributed by atoms with van der Waals surface area (Å²) in [7, 11) is 0. The highest BCUT2D eigenvalue weighted by atomic mass is 16.5. The van der Waals surface area contributed by atoms with E-state index in [1.807, 2.05) is 26.8 Å². The van der Waals surface area contributed by atoms with Crippen molar-refractivity contribution in [2.45, 2.75) is 46.2 Å². The third kappa shape index (κ3) is 3.18. The topological polar surface area (TPSA) is 75.4 Å². The number of rotatable bonds is 4. The monoisotopic (exact) mass is 279 g/mol. The van der Waals surface area contributed by atoms with Crippen LogP contribution in [0.5, 0.6) is 0 Å². The molecule has 1 aromatic rings. The molecule has 20 heavy (non-hydrogen) atoms. The fourth-order valence-electron chi connectivity index (χ4n) is 2.31. The van der Waals surface area contributed by atoms with Crippen LogP contribution in [0.3, 0.4) is 0 Å². The first-order chi connectivity index (χ1) is 9.51. The lowest BCUT2D eigenvalue weighted by Gasteiger charge is -2.26. The van der Waals surface area contributed by atoms with Crippen LogP contribution < -0.4 is 5.32 Å². The molecule has 2 atom stereocenters. The molecule has 2 heterocycles. The molecule has 6 heteroatoms. The zero-order valence-corrected chi connectivity index (χ0v) is 12.2. The first-order valence-electron chi connectivity index (χ1n) is 7.01. The number of amides is 2. The Labute approximate surface area is 118 Å². The van der Waals surface area contributed by atoms with Crippen LogP contribution in [0.4, 0.5) is 0 Å².